The van der Waals surface area contributed by atoms with Gasteiger partial charge in [-0.3, -0.25) is 9.69 Å². The molecule has 166 valence electrons. The summed E-state index contributed by atoms with van der Waals surface area (Å²) in [5.41, 5.74) is 4.14. The van der Waals surface area contributed by atoms with Crippen molar-refractivity contribution in [2.24, 2.45) is 0 Å². The molecule has 0 radical (unpaired) electrons. The lowest BCUT2D eigenvalue weighted by Gasteiger charge is -2.28. The highest BCUT2D eigenvalue weighted by Crippen LogP contribution is 2.42. The Hall–Kier alpha value is -2.61. The van der Waals surface area contributed by atoms with Gasteiger partial charge in [0, 0.05) is 43.5 Å². The fraction of sp³-hybridized carbons (Fsp3) is 0.360. The molecule has 0 bridgehead atoms. The third kappa shape index (κ3) is 4.60. The number of hydrogen-bond donors (Lipinski definition) is 0. The largest absolute Gasteiger partial charge is 0.379 e. The minimum absolute atomic E-state index is 0.0140. The number of hydrogen-bond acceptors (Lipinski definition) is 5. The van der Waals surface area contributed by atoms with Crippen LogP contribution in [-0.2, 0) is 9.53 Å². The molecule has 1 amide bonds. The van der Waals surface area contributed by atoms with Crippen molar-refractivity contribution in [1.82, 2.24) is 19.6 Å². The third-order valence-electron chi connectivity index (χ3n) is 6.02. The van der Waals surface area contributed by atoms with Gasteiger partial charge in [0.1, 0.15) is 5.37 Å². The first-order chi connectivity index (χ1) is 15.8. The van der Waals surface area contributed by atoms with Crippen LogP contribution in [0.1, 0.15) is 17.4 Å². The van der Waals surface area contributed by atoms with E-state index in [1.165, 1.54) is 0 Å². The maximum atomic E-state index is 12.8. The average Bonchev–Trinajstić information content (AvgIpc) is 3.45. The van der Waals surface area contributed by atoms with E-state index in [0.717, 1.165) is 68.3 Å². The van der Waals surface area contributed by atoms with E-state index in [0.29, 0.717) is 5.75 Å². The van der Waals surface area contributed by atoms with Crippen LogP contribution in [0.3, 0.4) is 0 Å². The Labute approximate surface area is 193 Å². The second kappa shape index (κ2) is 9.90. The highest BCUT2D eigenvalue weighted by molar-refractivity contribution is 8.00. The van der Waals surface area contributed by atoms with Crippen molar-refractivity contribution in [3.63, 3.8) is 0 Å². The number of para-hydroxylation sites is 1. The Morgan fingerprint density at radius 2 is 1.69 bits per heavy atom. The number of aromatic nitrogens is 2. The number of morpholine rings is 1. The maximum Gasteiger partial charge on any atom is 0.233 e. The number of thioether (sulfide) groups is 1. The first kappa shape index (κ1) is 21.2. The molecule has 2 aromatic carbocycles. The van der Waals surface area contributed by atoms with Crippen LogP contribution in [0.4, 0.5) is 0 Å². The predicted octanol–water partition coefficient (Wildman–Crippen LogP) is 3.84. The van der Waals surface area contributed by atoms with Crippen molar-refractivity contribution >= 4 is 17.7 Å². The smallest absolute Gasteiger partial charge is 0.233 e. The molecule has 6 nitrogen and oxygen atoms in total. The third-order valence-corrected chi connectivity index (χ3v) is 7.26. The lowest BCUT2D eigenvalue weighted by molar-refractivity contribution is -0.128. The van der Waals surface area contributed by atoms with Crippen LogP contribution in [0.25, 0.3) is 16.9 Å². The summed E-state index contributed by atoms with van der Waals surface area (Å²) < 4.78 is 7.38. The fourth-order valence-electron chi connectivity index (χ4n) is 4.34. The molecule has 0 aliphatic carbocycles. The van der Waals surface area contributed by atoms with Crippen molar-refractivity contribution in [2.45, 2.75) is 11.8 Å². The minimum Gasteiger partial charge on any atom is -0.379 e. The summed E-state index contributed by atoms with van der Waals surface area (Å²) >= 11 is 1.70. The normalized spacial score (nSPS) is 19.6. The van der Waals surface area contributed by atoms with Crippen molar-refractivity contribution in [2.75, 3.05) is 45.1 Å². The molecular weight excluding hydrogens is 420 g/mol. The Balaban J connectivity index is 1.41. The Kier molecular flexibility index (Phi) is 6.57. The monoisotopic (exact) mass is 448 g/mol. The predicted molar refractivity (Wildman–Crippen MR) is 128 cm³/mol. The number of ether oxygens (including phenoxy) is 1. The highest BCUT2D eigenvalue weighted by atomic mass is 32.2. The number of rotatable bonds is 7. The van der Waals surface area contributed by atoms with Crippen molar-refractivity contribution in [1.29, 1.82) is 0 Å². The number of nitrogens with zero attached hydrogens (tertiary/aromatic N) is 4. The second-order valence-electron chi connectivity index (χ2n) is 8.14. The summed E-state index contributed by atoms with van der Waals surface area (Å²) in [6.07, 6.45) is 3.07. The van der Waals surface area contributed by atoms with Crippen LogP contribution in [0, 0.1) is 0 Å². The molecule has 7 heteroatoms. The molecule has 0 spiro atoms. The highest BCUT2D eigenvalue weighted by Gasteiger charge is 2.35. The van der Waals surface area contributed by atoms with Crippen molar-refractivity contribution in [3.8, 4) is 16.9 Å². The Morgan fingerprint density at radius 3 is 2.44 bits per heavy atom. The molecule has 0 N–H and O–H groups in total. The van der Waals surface area contributed by atoms with Gasteiger partial charge in [0.05, 0.1) is 30.3 Å². The minimum atomic E-state index is -0.0140. The molecule has 3 heterocycles. The van der Waals surface area contributed by atoms with Crippen molar-refractivity contribution in [3.05, 3.63) is 72.4 Å². The fourth-order valence-corrected chi connectivity index (χ4v) is 5.57. The zero-order chi connectivity index (χ0) is 21.8. The zero-order valence-electron chi connectivity index (χ0n) is 18.1. The quantitative estimate of drug-likeness (QED) is 0.550. The van der Waals surface area contributed by atoms with Crippen LogP contribution in [0.5, 0.6) is 0 Å². The Morgan fingerprint density at radius 1 is 0.969 bits per heavy atom. The van der Waals surface area contributed by atoms with Gasteiger partial charge in [0.2, 0.25) is 5.91 Å². The standard InChI is InChI=1S/C25H28N4O2S/c30-23-19-32-25(28(23)13-7-12-27-14-16-31-17-15-27)22-18-29(21-10-5-2-6-11-21)26-24(22)20-8-3-1-4-9-20/h1-6,8-11,18,25H,7,12-17,19H2/t25-/m0/s1. The van der Waals surface area contributed by atoms with Gasteiger partial charge in [-0.05, 0) is 18.6 Å². The number of carbonyl (C=O) groups is 1. The van der Waals surface area contributed by atoms with Crippen LogP contribution in [0.2, 0.25) is 0 Å². The van der Waals surface area contributed by atoms with E-state index in [1.54, 1.807) is 11.8 Å². The number of benzene rings is 2. The first-order valence-corrected chi connectivity index (χ1v) is 12.3. The summed E-state index contributed by atoms with van der Waals surface area (Å²) in [5, 5.41) is 4.94. The molecule has 2 saturated heterocycles. The van der Waals surface area contributed by atoms with Gasteiger partial charge >= 0.3 is 0 Å². The van der Waals surface area contributed by atoms with Gasteiger partial charge in [-0.1, -0.05) is 48.5 Å². The molecule has 2 aliphatic rings. The summed E-state index contributed by atoms with van der Waals surface area (Å²) in [5.74, 6) is 0.737. The average molecular weight is 449 g/mol. The molecule has 32 heavy (non-hydrogen) atoms. The summed E-state index contributed by atoms with van der Waals surface area (Å²) in [7, 11) is 0. The molecule has 5 rings (SSSR count). The zero-order valence-corrected chi connectivity index (χ0v) is 18.9. The van der Waals surface area contributed by atoms with E-state index in [4.69, 9.17) is 9.84 Å². The number of carbonyl (C=O) groups excluding carboxylic acids is 1. The maximum absolute atomic E-state index is 12.8. The lowest BCUT2D eigenvalue weighted by Crippen LogP contribution is -2.38. The molecular formula is C25H28N4O2S. The van der Waals surface area contributed by atoms with Gasteiger partial charge in [-0.25, -0.2) is 4.68 Å². The lowest BCUT2D eigenvalue weighted by atomic mass is 10.1. The van der Waals surface area contributed by atoms with Crippen LogP contribution < -0.4 is 0 Å². The van der Waals surface area contributed by atoms with E-state index in [1.807, 2.05) is 46.0 Å². The van der Waals surface area contributed by atoms with E-state index < -0.39 is 0 Å². The molecule has 0 saturated carbocycles. The topological polar surface area (TPSA) is 50.6 Å². The van der Waals surface area contributed by atoms with E-state index in [9.17, 15) is 4.79 Å². The SMILES string of the molecule is O=C1CS[C@@H](c2cn(-c3ccccc3)nc2-c2ccccc2)N1CCCN1CCOCC1. The molecule has 1 atom stereocenters. The first-order valence-electron chi connectivity index (χ1n) is 11.2. The van der Waals surface area contributed by atoms with Gasteiger partial charge in [-0.2, -0.15) is 5.10 Å². The molecule has 0 unspecified atom stereocenters. The van der Waals surface area contributed by atoms with E-state index in [2.05, 4.69) is 35.4 Å². The van der Waals surface area contributed by atoms with Crippen LogP contribution >= 0.6 is 11.8 Å². The van der Waals surface area contributed by atoms with Gasteiger partial charge < -0.3 is 9.64 Å². The molecule has 2 aliphatic heterocycles. The molecule has 1 aromatic heterocycles. The van der Waals surface area contributed by atoms with Gasteiger partial charge in [0.15, 0.2) is 0 Å². The van der Waals surface area contributed by atoms with E-state index in [-0.39, 0.29) is 11.3 Å². The van der Waals surface area contributed by atoms with Gasteiger partial charge in [-0.15, -0.1) is 11.8 Å². The summed E-state index contributed by atoms with van der Waals surface area (Å²) in [6.45, 7) is 5.33. The number of amides is 1. The van der Waals surface area contributed by atoms with Crippen LogP contribution in [0.15, 0.2) is 66.9 Å². The summed E-state index contributed by atoms with van der Waals surface area (Å²) in [6, 6.07) is 20.4. The Bertz CT molecular complexity index is 1030. The molecule has 3 aromatic rings. The summed E-state index contributed by atoms with van der Waals surface area (Å²) in [4.78, 5) is 17.3. The van der Waals surface area contributed by atoms with Gasteiger partial charge in [0.25, 0.3) is 0 Å². The molecule has 2 fully saturated rings. The van der Waals surface area contributed by atoms with Crippen LogP contribution in [-0.4, -0.2) is 70.6 Å². The van der Waals surface area contributed by atoms with Crippen molar-refractivity contribution < 1.29 is 9.53 Å². The van der Waals surface area contributed by atoms with E-state index >= 15 is 0 Å². The second-order valence-corrected chi connectivity index (χ2v) is 9.21.